The van der Waals surface area contributed by atoms with E-state index in [1.54, 1.807) is 21.1 Å². The molecule has 8 nitrogen and oxygen atoms in total. The summed E-state index contributed by atoms with van der Waals surface area (Å²) in [5, 5.41) is 11.6. The molecule has 0 N–H and O–H groups in total. The number of ether oxygens (including phenoxy) is 3. The highest BCUT2D eigenvalue weighted by atomic mass is 16.6. The molecule has 0 rings (SSSR count). The SMILES string of the molecule is CC/C=C/C/C=C/C/C=C/C/C=C/C/C=C/C/C=C/CCCCCC(=O)OCC(COCCC(C(=O)[O-])[N+](C)(C)C)OC(=O)CCCCCCC/C=C/C/C=C/CC. The third kappa shape index (κ3) is 37.8. The van der Waals surface area contributed by atoms with Crippen molar-refractivity contribution >= 4 is 17.9 Å². The van der Waals surface area contributed by atoms with E-state index in [9.17, 15) is 19.5 Å². The summed E-state index contributed by atoms with van der Waals surface area (Å²) in [6.45, 7) is 4.36. The normalized spacial score (nSPS) is 13.9. The Balaban J connectivity index is 4.40. The predicted octanol–water partition coefficient (Wildman–Crippen LogP) is 11.0. The fraction of sp³-hybridized carbons (Fsp3) is 0.620. The van der Waals surface area contributed by atoms with Gasteiger partial charge < -0.3 is 28.6 Å². The lowest BCUT2D eigenvalue weighted by molar-refractivity contribution is -0.889. The monoisotopic (exact) mass is 808 g/mol. The highest BCUT2D eigenvalue weighted by molar-refractivity contribution is 5.70. The Labute approximate surface area is 354 Å². The predicted molar refractivity (Wildman–Crippen MR) is 240 cm³/mol. The lowest BCUT2D eigenvalue weighted by Gasteiger charge is -2.34. The van der Waals surface area contributed by atoms with Crippen molar-refractivity contribution in [3.05, 3.63) is 97.2 Å². The average Bonchev–Trinajstić information content (AvgIpc) is 3.18. The van der Waals surface area contributed by atoms with Gasteiger partial charge in [0, 0.05) is 19.3 Å². The van der Waals surface area contributed by atoms with Crippen molar-refractivity contribution in [1.82, 2.24) is 0 Å². The summed E-state index contributed by atoms with van der Waals surface area (Å²) in [5.74, 6) is -1.81. The van der Waals surface area contributed by atoms with Gasteiger partial charge in [-0.3, -0.25) is 9.59 Å². The second kappa shape index (κ2) is 40.0. The van der Waals surface area contributed by atoms with Crippen LogP contribution in [0.2, 0.25) is 0 Å². The zero-order valence-electron chi connectivity index (χ0n) is 37.2. The molecule has 2 unspecified atom stereocenters. The van der Waals surface area contributed by atoms with E-state index in [0.717, 1.165) is 116 Å². The minimum absolute atomic E-state index is 0.0175. The fourth-order valence-electron chi connectivity index (χ4n) is 5.82. The number of allylic oxidation sites excluding steroid dienone is 16. The number of hydrogen-bond donors (Lipinski definition) is 0. The second-order valence-electron chi connectivity index (χ2n) is 15.5. The number of nitrogens with zero attached hydrogens (tertiary/aromatic N) is 1. The minimum Gasteiger partial charge on any atom is -0.544 e. The van der Waals surface area contributed by atoms with Crippen molar-refractivity contribution in [2.75, 3.05) is 41.0 Å². The molecule has 0 aromatic carbocycles. The van der Waals surface area contributed by atoms with Gasteiger partial charge in [0.15, 0.2) is 6.10 Å². The molecule has 0 radical (unpaired) electrons. The van der Waals surface area contributed by atoms with Crippen LogP contribution in [0, 0.1) is 0 Å². The summed E-state index contributed by atoms with van der Waals surface area (Å²) in [5.41, 5.74) is 0. The van der Waals surface area contributed by atoms with Crippen LogP contribution < -0.4 is 5.11 Å². The van der Waals surface area contributed by atoms with Gasteiger partial charge in [0.2, 0.25) is 0 Å². The van der Waals surface area contributed by atoms with Gasteiger partial charge in [-0.1, -0.05) is 137 Å². The summed E-state index contributed by atoms with van der Waals surface area (Å²) in [6, 6.07) is -0.739. The molecule has 0 fully saturated rings. The number of carboxylic acids is 1. The topological polar surface area (TPSA) is 102 Å². The number of unbranched alkanes of at least 4 members (excludes halogenated alkanes) is 8. The Kier molecular flexibility index (Phi) is 37.5. The van der Waals surface area contributed by atoms with Gasteiger partial charge in [0.05, 0.1) is 40.3 Å². The number of quaternary nitrogens is 1. The van der Waals surface area contributed by atoms with Crippen molar-refractivity contribution in [2.24, 2.45) is 0 Å². The molecule has 0 saturated heterocycles. The van der Waals surface area contributed by atoms with Gasteiger partial charge in [-0.2, -0.15) is 0 Å². The molecule has 0 aromatic rings. The maximum Gasteiger partial charge on any atom is 0.306 e. The van der Waals surface area contributed by atoms with E-state index in [1.807, 2.05) is 0 Å². The van der Waals surface area contributed by atoms with Gasteiger partial charge in [0.25, 0.3) is 0 Å². The third-order valence-electron chi connectivity index (χ3n) is 9.22. The van der Waals surface area contributed by atoms with E-state index in [2.05, 4.69) is 111 Å². The summed E-state index contributed by atoms with van der Waals surface area (Å²) >= 11 is 0. The van der Waals surface area contributed by atoms with Gasteiger partial charge in [-0.25, -0.2) is 0 Å². The zero-order chi connectivity index (χ0) is 42.8. The first-order valence-electron chi connectivity index (χ1n) is 22.3. The molecule has 0 bridgehead atoms. The molecular weight excluding hydrogens is 727 g/mol. The van der Waals surface area contributed by atoms with E-state index in [1.165, 1.54) is 0 Å². The first kappa shape index (κ1) is 54.2. The van der Waals surface area contributed by atoms with Crippen molar-refractivity contribution in [1.29, 1.82) is 0 Å². The summed E-state index contributed by atoms with van der Waals surface area (Å²) in [4.78, 5) is 36.8. The van der Waals surface area contributed by atoms with Crippen LogP contribution >= 0.6 is 0 Å². The fourth-order valence-corrected chi connectivity index (χ4v) is 5.82. The molecule has 0 aromatic heterocycles. The largest absolute Gasteiger partial charge is 0.544 e. The van der Waals surface area contributed by atoms with Gasteiger partial charge >= 0.3 is 11.9 Å². The highest BCUT2D eigenvalue weighted by Gasteiger charge is 2.25. The van der Waals surface area contributed by atoms with Crippen molar-refractivity contribution in [3.8, 4) is 0 Å². The van der Waals surface area contributed by atoms with Crippen LogP contribution in [0.3, 0.4) is 0 Å². The summed E-state index contributed by atoms with van der Waals surface area (Å²) in [6.07, 6.45) is 52.9. The second-order valence-corrected chi connectivity index (χ2v) is 15.5. The number of carboxylic acid groups (broad SMARTS) is 1. The van der Waals surface area contributed by atoms with E-state index < -0.39 is 18.1 Å². The molecule has 8 heteroatoms. The molecule has 0 amide bonds. The van der Waals surface area contributed by atoms with E-state index in [4.69, 9.17) is 14.2 Å². The minimum atomic E-state index is -1.14. The molecule has 58 heavy (non-hydrogen) atoms. The molecule has 0 spiro atoms. The van der Waals surface area contributed by atoms with Crippen LogP contribution in [0.5, 0.6) is 0 Å². The molecule has 0 heterocycles. The molecule has 0 saturated carbocycles. The summed E-state index contributed by atoms with van der Waals surface area (Å²) in [7, 11) is 5.38. The van der Waals surface area contributed by atoms with Gasteiger partial charge in [-0.15, -0.1) is 0 Å². The quantitative estimate of drug-likeness (QED) is 0.0265. The molecule has 328 valence electrons. The number of aliphatic carboxylic acids is 1. The Morgan fingerprint density at radius 2 is 0.914 bits per heavy atom. The van der Waals surface area contributed by atoms with E-state index in [0.29, 0.717) is 12.8 Å². The van der Waals surface area contributed by atoms with Gasteiger partial charge in [-0.05, 0) is 89.9 Å². The van der Waals surface area contributed by atoms with E-state index in [-0.39, 0.29) is 42.7 Å². The molecule has 0 aliphatic rings. The van der Waals surface area contributed by atoms with Crippen LogP contribution in [0.1, 0.15) is 149 Å². The maximum atomic E-state index is 12.7. The Hall–Kier alpha value is -3.75. The van der Waals surface area contributed by atoms with Crippen molar-refractivity contribution < 1.29 is 38.2 Å². The third-order valence-corrected chi connectivity index (χ3v) is 9.22. The lowest BCUT2D eigenvalue weighted by atomic mass is 10.1. The van der Waals surface area contributed by atoms with Crippen LogP contribution in [0.4, 0.5) is 0 Å². The molecular formula is C50H81NO7. The van der Waals surface area contributed by atoms with Crippen molar-refractivity contribution in [2.45, 2.75) is 161 Å². The molecule has 0 aliphatic carbocycles. The Morgan fingerprint density at radius 3 is 1.36 bits per heavy atom. The first-order valence-corrected chi connectivity index (χ1v) is 22.3. The number of carbonyl (C=O) groups is 3. The van der Waals surface area contributed by atoms with Crippen LogP contribution in [-0.4, -0.2) is 75.5 Å². The number of esters is 2. The molecule has 2 atom stereocenters. The smallest absolute Gasteiger partial charge is 0.306 e. The van der Waals surface area contributed by atoms with Crippen LogP contribution in [-0.2, 0) is 28.6 Å². The number of likely N-dealkylation sites (N-methyl/N-ethyl adjacent to an activating group) is 1. The maximum absolute atomic E-state index is 12.7. The van der Waals surface area contributed by atoms with Crippen LogP contribution in [0.25, 0.3) is 0 Å². The van der Waals surface area contributed by atoms with Crippen LogP contribution in [0.15, 0.2) is 97.2 Å². The lowest BCUT2D eigenvalue weighted by Crippen LogP contribution is -2.55. The Bertz CT molecular complexity index is 1260. The van der Waals surface area contributed by atoms with Crippen molar-refractivity contribution in [3.63, 3.8) is 0 Å². The molecule has 0 aliphatic heterocycles. The number of carbonyl (C=O) groups excluding carboxylic acids is 3. The van der Waals surface area contributed by atoms with Gasteiger partial charge in [0.1, 0.15) is 12.6 Å². The Morgan fingerprint density at radius 1 is 0.517 bits per heavy atom. The summed E-state index contributed by atoms with van der Waals surface area (Å²) < 4.78 is 17.1. The first-order chi connectivity index (χ1) is 28.1. The van der Waals surface area contributed by atoms with E-state index >= 15 is 0 Å². The zero-order valence-corrected chi connectivity index (χ0v) is 37.2. The highest BCUT2D eigenvalue weighted by Crippen LogP contribution is 2.12. The standard InChI is InChI=1S/C50H81NO7/c1-6-8-10-12-14-16-18-20-21-22-23-24-25-26-27-28-29-31-32-34-36-38-40-48(52)57-45-46(44-56-43-42-47(50(54)55)51(3,4)5)58-49(53)41-39-37-35-33-30-19-17-15-13-11-9-7-2/h8-11,14-17,20-21,23-24,26-27,29,31,46-47H,6-7,12-13,18-19,22,25,28,30,32-45H2,1-5H3/b10-8+,11-9+,16-14+,17-15+,21-20+,24-23+,27-26+,31-29+. The number of rotatable bonds is 38. The number of hydrogen-bond acceptors (Lipinski definition) is 7. The average molecular weight is 808 g/mol.